The highest BCUT2D eigenvalue weighted by Gasteiger charge is 2.30. The van der Waals surface area contributed by atoms with Crippen LogP contribution < -0.4 is 31.6 Å². The molecule has 14 heteroatoms. The van der Waals surface area contributed by atoms with Crippen molar-refractivity contribution < 1.29 is 9.47 Å². The van der Waals surface area contributed by atoms with Crippen molar-refractivity contribution in [3.63, 3.8) is 0 Å². The summed E-state index contributed by atoms with van der Waals surface area (Å²) in [6.45, 7) is 4.71. The van der Waals surface area contributed by atoms with Crippen molar-refractivity contribution >= 4 is 88.5 Å². The fraction of sp³-hybridized carbons (Fsp3) is 0.167. The Morgan fingerprint density at radius 1 is 0.789 bits per heavy atom. The second kappa shape index (κ2) is 8.22. The van der Waals surface area contributed by atoms with E-state index in [0.717, 1.165) is 0 Å². The summed E-state index contributed by atoms with van der Waals surface area (Å²) in [6, 6.07) is 3.47. The van der Waals surface area contributed by atoms with Crippen LogP contribution in [-0.4, -0.2) is 19.1 Å². The first-order valence-electron chi connectivity index (χ1n) is 11.5. The maximum atomic E-state index is 12.4. The van der Waals surface area contributed by atoms with Gasteiger partial charge in [-0.25, -0.2) is 19.6 Å². The van der Waals surface area contributed by atoms with Gasteiger partial charge >= 0.3 is 11.4 Å². The minimum atomic E-state index is -0.241. The molecular formula is C24H14Br2Cl2N6O4. The Bertz CT molecular complexity index is 2010. The number of H-pyrrole nitrogens is 2. The van der Waals surface area contributed by atoms with Crippen molar-refractivity contribution in [2.24, 2.45) is 9.98 Å². The number of hydrogen-bond donors (Lipinski definition) is 2. The van der Waals surface area contributed by atoms with Gasteiger partial charge in [0.15, 0.2) is 23.0 Å². The molecule has 0 amide bonds. The summed E-state index contributed by atoms with van der Waals surface area (Å²) < 4.78 is 16.7. The SMILES string of the molecule is CCn1c(=O)[nH]c2c(Br)c3c(cc21)Oc1c(Cl)c2c(c(Cl)c1=N3)Oc1cc3c([nH]c(=O)n3CC)c(Br)c1N=2. The number of nitrogens with zero attached hydrogens (tertiary/aromatic N) is 4. The van der Waals surface area contributed by atoms with Gasteiger partial charge in [-0.1, -0.05) is 23.2 Å². The van der Waals surface area contributed by atoms with E-state index in [1.54, 1.807) is 21.3 Å². The van der Waals surface area contributed by atoms with Gasteiger partial charge < -0.3 is 19.4 Å². The lowest BCUT2D eigenvalue weighted by Crippen LogP contribution is -2.22. The number of aromatic amines is 2. The molecule has 5 aromatic rings. The maximum absolute atomic E-state index is 12.4. The standard InChI is InChI=1S/C24H14Br2Cl2N6O4/c1-3-33-7-5-9-17(11(25)15(7)31-23(33)35)29-19-14(28)22-20(13(27)21(19)37-9)30-18-10(38-22)6-8-16(12(18)26)32-24(36)34(8)4-2/h5-6H,3-4H2,1-2H3,(H,31,35)(H,32,36). The summed E-state index contributed by atoms with van der Waals surface area (Å²) in [5.41, 5.74) is 2.91. The number of fused-ring (bicyclic) bond motifs is 6. The molecule has 2 aliphatic rings. The van der Waals surface area contributed by atoms with Crippen molar-refractivity contribution in [2.45, 2.75) is 26.9 Å². The molecule has 3 aromatic carbocycles. The Balaban J connectivity index is 1.51. The molecule has 0 aliphatic carbocycles. The first-order chi connectivity index (χ1) is 18.2. The molecule has 0 spiro atoms. The number of hydrogen-bond acceptors (Lipinski definition) is 6. The molecule has 2 N–H and O–H groups in total. The molecular weight excluding hydrogens is 667 g/mol. The molecule has 2 aliphatic heterocycles. The zero-order valence-corrected chi connectivity index (χ0v) is 24.2. The van der Waals surface area contributed by atoms with Gasteiger partial charge in [0.05, 0.1) is 31.0 Å². The van der Waals surface area contributed by atoms with E-state index in [1.807, 2.05) is 13.8 Å². The van der Waals surface area contributed by atoms with E-state index in [2.05, 4.69) is 41.8 Å². The molecule has 10 nitrogen and oxygen atoms in total. The lowest BCUT2D eigenvalue weighted by Gasteiger charge is -2.22. The van der Waals surface area contributed by atoms with Crippen LogP contribution in [0.3, 0.4) is 0 Å². The second-order valence-electron chi connectivity index (χ2n) is 8.62. The Morgan fingerprint density at radius 2 is 1.18 bits per heavy atom. The van der Waals surface area contributed by atoms with Crippen molar-refractivity contribution in [2.75, 3.05) is 0 Å². The van der Waals surface area contributed by atoms with Gasteiger partial charge in [-0.15, -0.1) is 0 Å². The topological polar surface area (TPSA) is 119 Å². The van der Waals surface area contributed by atoms with Gasteiger partial charge in [-0.2, -0.15) is 0 Å². The highest BCUT2D eigenvalue weighted by molar-refractivity contribution is 9.11. The summed E-state index contributed by atoms with van der Waals surface area (Å²) in [5, 5.41) is 0.853. The van der Waals surface area contributed by atoms with Crippen LogP contribution in [0.25, 0.3) is 22.1 Å². The molecule has 4 heterocycles. The van der Waals surface area contributed by atoms with Crippen LogP contribution in [0.15, 0.2) is 40.7 Å². The monoisotopic (exact) mass is 678 g/mol. The number of ether oxygens (including phenoxy) is 2. The molecule has 0 saturated heterocycles. The fourth-order valence-electron chi connectivity index (χ4n) is 4.88. The molecule has 0 saturated carbocycles. The minimum Gasteiger partial charge on any atom is -0.451 e. The smallest absolute Gasteiger partial charge is 0.326 e. The van der Waals surface area contributed by atoms with E-state index in [0.29, 0.717) is 67.0 Å². The predicted octanol–water partition coefficient (Wildman–Crippen LogP) is 5.96. The van der Waals surface area contributed by atoms with E-state index >= 15 is 0 Å². The zero-order valence-electron chi connectivity index (χ0n) is 19.5. The Labute approximate surface area is 238 Å². The van der Waals surface area contributed by atoms with E-state index in [9.17, 15) is 9.59 Å². The average molecular weight is 681 g/mol. The highest BCUT2D eigenvalue weighted by atomic mass is 79.9. The van der Waals surface area contributed by atoms with Crippen LogP contribution in [-0.2, 0) is 13.1 Å². The normalized spacial score (nSPS) is 13.2. The summed E-state index contributed by atoms with van der Waals surface area (Å²) in [4.78, 5) is 40.0. The Morgan fingerprint density at radius 3 is 1.55 bits per heavy atom. The molecule has 192 valence electrons. The molecule has 0 atom stereocenters. The van der Waals surface area contributed by atoms with Gasteiger partial charge in [0.2, 0.25) is 0 Å². The Kier molecular flexibility index (Phi) is 5.19. The van der Waals surface area contributed by atoms with E-state index in [4.69, 9.17) is 42.7 Å². The third-order valence-electron chi connectivity index (χ3n) is 6.65. The van der Waals surface area contributed by atoms with E-state index in [-0.39, 0.29) is 43.6 Å². The largest absolute Gasteiger partial charge is 0.451 e. The predicted molar refractivity (Wildman–Crippen MR) is 150 cm³/mol. The van der Waals surface area contributed by atoms with Crippen LogP contribution in [0.2, 0.25) is 10.0 Å². The van der Waals surface area contributed by atoms with Crippen LogP contribution in [0.1, 0.15) is 13.8 Å². The zero-order chi connectivity index (χ0) is 26.6. The van der Waals surface area contributed by atoms with Gasteiger partial charge in [0.25, 0.3) is 0 Å². The van der Waals surface area contributed by atoms with Gasteiger partial charge in [0, 0.05) is 25.2 Å². The quantitative estimate of drug-likeness (QED) is 0.234. The first-order valence-corrected chi connectivity index (χ1v) is 13.8. The summed E-state index contributed by atoms with van der Waals surface area (Å²) in [7, 11) is 0. The van der Waals surface area contributed by atoms with Crippen molar-refractivity contribution in [3.8, 4) is 23.0 Å². The molecule has 38 heavy (non-hydrogen) atoms. The number of imidazole rings is 2. The first kappa shape index (κ1) is 24.0. The third kappa shape index (κ3) is 3.05. The second-order valence-corrected chi connectivity index (χ2v) is 11.0. The van der Waals surface area contributed by atoms with E-state index < -0.39 is 0 Å². The van der Waals surface area contributed by atoms with Gasteiger partial charge in [-0.3, -0.25) is 9.13 Å². The van der Waals surface area contributed by atoms with E-state index in [1.165, 1.54) is 0 Å². The number of nitrogens with one attached hydrogen (secondary N) is 2. The molecule has 0 unspecified atom stereocenters. The number of rotatable bonds is 2. The third-order valence-corrected chi connectivity index (χ3v) is 8.90. The summed E-state index contributed by atoms with van der Waals surface area (Å²) >= 11 is 20.8. The molecule has 2 aromatic heterocycles. The van der Waals surface area contributed by atoms with Crippen LogP contribution in [0, 0.1) is 0 Å². The van der Waals surface area contributed by atoms with Crippen molar-refractivity contribution in [3.05, 3.63) is 62.8 Å². The number of benzene rings is 3. The number of halogens is 4. The summed E-state index contributed by atoms with van der Waals surface area (Å²) in [6.07, 6.45) is 0. The molecule has 7 rings (SSSR count). The van der Waals surface area contributed by atoms with Gasteiger partial charge in [-0.05, 0) is 45.7 Å². The average Bonchev–Trinajstić information content (AvgIpc) is 3.41. The molecule has 0 bridgehead atoms. The van der Waals surface area contributed by atoms with Gasteiger partial charge in [0.1, 0.15) is 32.1 Å². The van der Waals surface area contributed by atoms with Crippen LogP contribution >= 0.6 is 55.1 Å². The maximum Gasteiger partial charge on any atom is 0.326 e. The van der Waals surface area contributed by atoms with Crippen LogP contribution in [0.4, 0.5) is 11.4 Å². The minimum absolute atomic E-state index is 0.157. The fourth-order valence-corrected chi connectivity index (χ4v) is 6.57. The lowest BCUT2D eigenvalue weighted by atomic mass is 10.2. The Hall–Kier alpha value is -3.06. The number of aryl methyl sites for hydroxylation is 2. The van der Waals surface area contributed by atoms with Crippen molar-refractivity contribution in [1.82, 2.24) is 19.1 Å². The van der Waals surface area contributed by atoms with Crippen molar-refractivity contribution in [1.29, 1.82) is 0 Å². The van der Waals surface area contributed by atoms with Crippen LogP contribution in [0.5, 0.6) is 23.0 Å². The lowest BCUT2D eigenvalue weighted by molar-refractivity contribution is 0.451. The molecule has 0 radical (unpaired) electrons. The molecule has 0 fully saturated rings. The summed E-state index contributed by atoms with van der Waals surface area (Å²) in [5.74, 6) is 1.23. The number of aromatic nitrogens is 4. The highest BCUT2D eigenvalue weighted by Crippen LogP contribution is 2.48.